The van der Waals surface area contributed by atoms with Crippen LogP contribution >= 0.6 is 11.3 Å². The molecule has 0 bridgehead atoms. The third-order valence-electron chi connectivity index (χ3n) is 3.32. The molecule has 0 fully saturated rings. The lowest BCUT2D eigenvalue weighted by atomic mass is 9.83. The van der Waals surface area contributed by atoms with Gasteiger partial charge in [-0.15, -0.1) is 11.3 Å². The van der Waals surface area contributed by atoms with E-state index in [0.29, 0.717) is 0 Å². The number of nitrogens with two attached hydrogens (primary N) is 1. The molecular formula is C12H20N2S. The topological polar surface area (TPSA) is 38.9 Å². The predicted molar refractivity (Wildman–Crippen MR) is 65.2 cm³/mol. The van der Waals surface area contributed by atoms with Crippen molar-refractivity contribution in [3.63, 3.8) is 0 Å². The van der Waals surface area contributed by atoms with Crippen LogP contribution in [0.15, 0.2) is 0 Å². The molecule has 1 aliphatic rings. The van der Waals surface area contributed by atoms with Crippen LogP contribution in [0.5, 0.6) is 0 Å². The Morgan fingerprint density at radius 2 is 2.33 bits per heavy atom. The Morgan fingerprint density at radius 1 is 1.53 bits per heavy atom. The second kappa shape index (κ2) is 4.62. The molecule has 3 heteroatoms. The number of aryl methyl sites for hydroxylation is 1. The van der Waals surface area contributed by atoms with Crippen molar-refractivity contribution in [2.45, 2.75) is 39.5 Å². The molecule has 1 aromatic heterocycles. The van der Waals surface area contributed by atoms with E-state index in [1.54, 1.807) is 0 Å². The quantitative estimate of drug-likeness (QED) is 0.856. The van der Waals surface area contributed by atoms with Crippen LogP contribution in [0.3, 0.4) is 0 Å². The van der Waals surface area contributed by atoms with Gasteiger partial charge in [0.2, 0.25) is 0 Å². The largest absolute Gasteiger partial charge is 0.330 e. The summed E-state index contributed by atoms with van der Waals surface area (Å²) in [7, 11) is 0. The highest BCUT2D eigenvalue weighted by Crippen LogP contribution is 2.33. The molecule has 0 saturated carbocycles. The fourth-order valence-electron chi connectivity index (χ4n) is 2.25. The maximum atomic E-state index is 5.56. The van der Waals surface area contributed by atoms with Crippen molar-refractivity contribution in [3.05, 3.63) is 15.6 Å². The molecule has 84 valence electrons. The summed E-state index contributed by atoms with van der Waals surface area (Å²) in [6.07, 6.45) is 4.69. The second-order valence-corrected chi connectivity index (χ2v) is 5.93. The predicted octanol–water partition coefficient (Wildman–Crippen LogP) is 2.41. The molecule has 2 rings (SSSR count). The van der Waals surface area contributed by atoms with Crippen LogP contribution in [0.25, 0.3) is 0 Å². The summed E-state index contributed by atoms with van der Waals surface area (Å²) in [6, 6.07) is 0. The Hall–Kier alpha value is -0.410. The molecule has 1 heterocycles. The summed E-state index contributed by atoms with van der Waals surface area (Å²) in [5, 5.41) is 1.24. The molecule has 1 aromatic rings. The van der Waals surface area contributed by atoms with Crippen LogP contribution in [0.1, 0.15) is 35.8 Å². The first-order valence-corrected chi connectivity index (χ1v) is 6.70. The SMILES string of the molecule is CC(C)C1CCc2nc(CCN)sc2C1. The molecule has 0 radical (unpaired) electrons. The highest BCUT2D eigenvalue weighted by atomic mass is 32.1. The maximum absolute atomic E-state index is 5.56. The van der Waals surface area contributed by atoms with Crippen LogP contribution in [0.2, 0.25) is 0 Å². The van der Waals surface area contributed by atoms with Gasteiger partial charge in [0.05, 0.1) is 10.7 Å². The number of nitrogens with zero attached hydrogens (tertiary/aromatic N) is 1. The Labute approximate surface area is 95.9 Å². The molecule has 1 atom stereocenters. The minimum absolute atomic E-state index is 0.722. The molecule has 15 heavy (non-hydrogen) atoms. The molecule has 1 unspecified atom stereocenters. The van der Waals surface area contributed by atoms with Crippen molar-refractivity contribution in [1.82, 2.24) is 4.98 Å². The Balaban J connectivity index is 2.12. The van der Waals surface area contributed by atoms with E-state index < -0.39 is 0 Å². The van der Waals surface area contributed by atoms with Crippen LogP contribution < -0.4 is 5.73 Å². The summed E-state index contributed by atoms with van der Waals surface area (Å²) >= 11 is 1.89. The van der Waals surface area contributed by atoms with Gasteiger partial charge in [-0.1, -0.05) is 13.8 Å². The Bertz CT molecular complexity index is 330. The van der Waals surface area contributed by atoms with Crippen molar-refractivity contribution < 1.29 is 0 Å². The summed E-state index contributed by atoms with van der Waals surface area (Å²) in [4.78, 5) is 6.20. The van der Waals surface area contributed by atoms with Gasteiger partial charge in [0.15, 0.2) is 0 Å². The molecule has 2 N–H and O–H groups in total. The third-order valence-corrected chi connectivity index (χ3v) is 4.50. The van der Waals surface area contributed by atoms with Crippen molar-refractivity contribution in [2.75, 3.05) is 6.54 Å². The van der Waals surface area contributed by atoms with E-state index in [9.17, 15) is 0 Å². The number of aromatic nitrogens is 1. The zero-order valence-electron chi connectivity index (χ0n) is 9.62. The van der Waals surface area contributed by atoms with Gasteiger partial charge in [-0.05, 0) is 37.6 Å². The van der Waals surface area contributed by atoms with Gasteiger partial charge in [-0.25, -0.2) is 4.98 Å². The number of fused-ring (bicyclic) bond motifs is 1. The van der Waals surface area contributed by atoms with Gasteiger partial charge >= 0.3 is 0 Å². The highest BCUT2D eigenvalue weighted by molar-refractivity contribution is 7.11. The lowest BCUT2D eigenvalue weighted by molar-refractivity contribution is 0.344. The van der Waals surface area contributed by atoms with E-state index in [1.165, 1.54) is 34.8 Å². The van der Waals surface area contributed by atoms with Crippen LogP contribution in [0.4, 0.5) is 0 Å². The summed E-state index contributed by atoms with van der Waals surface area (Å²) in [6.45, 7) is 5.38. The van der Waals surface area contributed by atoms with E-state index in [0.717, 1.165) is 24.8 Å². The highest BCUT2D eigenvalue weighted by Gasteiger charge is 2.24. The minimum atomic E-state index is 0.722. The van der Waals surface area contributed by atoms with Crippen molar-refractivity contribution >= 4 is 11.3 Å². The lowest BCUT2D eigenvalue weighted by Crippen LogP contribution is -2.17. The normalized spacial score (nSPS) is 20.7. The van der Waals surface area contributed by atoms with Crippen LogP contribution in [-0.2, 0) is 19.3 Å². The first-order valence-electron chi connectivity index (χ1n) is 5.88. The standard InChI is InChI=1S/C12H20N2S/c1-8(2)9-3-4-10-11(7-9)15-12(14-10)5-6-13/h8-9H,3-7,13H2,1-2H3. The average molecular weight is 224 g/mol. The molecule has 2 nitrogen and oxygen atoms in total. The van der Waals surface area contributed by atoms with Gasteiger partial charge < -0.3 is 5.73 Å². The number of hydrogen-bond acceptors (Lipinski definition) is 3. The van der Waals surface area contributed by atoms with Crippen LogP contribution in [-0.4, -0.2) is 11.5 Å². The fraction of sp³-hybridized carbons (Fsp3) is 0.750. The van der Waals surface area contributed by atoms with Crippen molar-refractivity contribution in [3.8, 4) is 0 Å². The zero-order chi connectivity index (χ0) is 10.8. The minimum Gasteiger partial charge on any atom is -0.330 e. The van der Waals surface area contributed by atoms with Gasteiger partial charge in [0.1, 0.15) is 0 Å². The van der Waals surface area contributed by atoms with E-state index >= 15 is 0 Å². The van der Waals surface area contributed by atoms with Crippen LogP contribution in [0, 0.1) is 11.8 Å². The molecule has 0 amide bonds. The number of hydrogen-bond donors (Lipinski definition) is 1. The Morgan fingerprint density at radius 3 is 3.00 bits per heavy atom. The maximum Gasteiger partial charge on any atom is 0.0943 e. The summed E-state index contributed by atoms with van der Waals surface area (Å²) in [5.74, 6) is 1.67. The summed E-state index contributed by atoms with van der Waals surface area (Å²) in [5.41, 5.74) is 6.92. The number of thiazole rings is 1. The van der Waals surface area contributed by atoms with Gasteiger partial charge in [0, 0.05) is 11.3 Å². The number of rotatable bonds is 3. The monoisotopic (exact) mass is 224 g/mol. The van der Waals surface area contributed by atoms with E-state index in [1.807, 2.05) is 11.3 Å². The van der Waals surface area contributed by atoms with Crippen molar-refractivity contribution in [2.24, 2.45) is 17.6 Å². The van der Waals surface area contributed by atoms with E-state index in [-0.39, 0.29) is 0 Å². The average Bonchev–Trinajstić information content (AvgIpc) is 2.59. The molecular weight excluding hydrogens is 204 g/mol. The molecule has 0 saturated heterocycles. The third kappa shape index (κ3) is 2.40. The smallest absolute Gasteiger partial charge is 0.0943 e. The van der Waals surface area contributed by atoms with Gasteiger partial charge in [-0.2, -0.15) is 0 Å². The fourth-order valence-corrected chi connectivity index (χ4v) is 3.48. The van der Waals surface area contributed by atoms with E-state index in [2.05, 4.69) is 18.8 Å². The van der Waals surface area contributed by atoms with Crippen molar-refractivity contribution in [1.29, 1.82) is 0 Å². The first kappa shape index (κ1) is 11.1. The zero-order valence-corrected chi connectivity index (χ0v) is 10.4. The molecule has 1 aliphatic carbocycles. The van der Waals surface area contributed by atoms with Gasteiger partial charge in [-0.3, -0.25) is 0 Å². The van der Waals surface area contributed by atoms with E-state index in [4.69, 9.17) is 5.73 Å². The molecule has 0 aromatic carbocycles. The molecule has 0 aliphatic heterocycles. The second-order valence-electron chi connectivity index (χ2n) is 4.76. The summed E-state index contributed by atoms with van der Waals surface area (Å²) < 4.78 is 0. The first-order chi connectivity index (χ1) is 7.20. The lowest BCUT2D eigenvalue weighted by Gasteiger charge is -2.24. The Kier molecular flexibility index (Phi) is 3.42. The molecule has 0 spiro atoms. The van der Waals surface area contributed by atoms with Gasteiger partial charge in [0.25, 0.3) is 0 Å².